The van der Waals surface area contributed by atoms with Crippen LogP contribution in [-0.2, 0) is 11.2 Å². The van der Waals surface area contributed by atoms with Crippen molar-refractivity contribution in [1.82, 2.24) is 10.3 Å². The molecule has 3 rings (SSSR count). The number of nitrogens with one attached hydrogen (secondary N) is 3. The highest BCUT2D eigenvalue weighted by Crippen LogP contribution is 2.21. The number of anilines is 2. The molecule has 0 aliphatic carbocycles. The summed E-state index contributed by atoms with van der Waals surface area (Å²) in [7, 11) is 1.54. The summed E-state index contributed by atoms with van der Waals surface area (Å²) in [4.78, 5) is 41.0. The van der Waals surface area contributed by atoms with Crippen molar-refractivity contribution in [2.24, 2.45) is 0 Å². The minimum atomic E-state index is -0.323. The Bertz CT molecular complexity index is 1070. The zero-order valence-corrected chi connectivity index (χ0v) is 17.0. The van der Waals surface area contributed by atoms with Gasteiger partial charge in [0, 0.05) is 12.4 Å². The van der Waals surface area contributed by atoms with E-state index in [2.05, 4.69) is 20.9 Å². The van der Waals surface area contributed by atoms with E-state index in [1.807, 2.05) is 0 Å². The van der Waals surface area contributed by atoms with Crippen molar-refractivity contribution in [2.75, 3.05) is 17.7 Å². The zero-order chi connectivity index (χ0) is 21.0. The molecule has 150 valence electrons. The summed E-state index contributed by atoms with van der Waals surface area (Å²) < 4.78 is 5.12. The molecular weight excluding hydrogens is 392 g/mol. The second-order valence-corrected chi connectivity index (χ2v) is 7.15. The van der Waals surface area contributed by atoms with Gasteiger partial charge in [0.15, 0.2) is 5.13 Å². The van der Waals surface area contributed by atoms with Gasteiger partial charge < -0.3 is 15.1 Å². The molecule has 2 heterocycles. The molecule has 29 heavy (non-hydrogen) atoms. The van der Waals surface area contributed by atoms with E-state index < -0.39 is 0 Å². The summed E-state index contributed by atoms with van der Waals surface area (Å²) in [6.45, 7) is 3.50. The lowest BCUT2D eigenvalue weighted by molar-refractivity contribution is -0.115. The first-order chi connectivity index (χ1) is 13.9. The highest BCUT2D eigenvalue weighted by molar-refractivity contribution is 7.14. The van der Waals surface area contributed by atoms with Crippen molar-refractivity contribution >= 4 is 39.9 Å². The van der Waals surface area contributed by atoms with Crippen molar-refractivity contribution < 1.29 is 18.8 Å². The first kappa shape index (κ1) is 20.3. The third-order valence-electron chi connectivity index (χ3n) is 4.22. The van der Waals surface area contributed by atoms with E-state index in [4.69, 9.17) is 4.42 Å². The van der Waals surface area contributed by atoms with E-state index in [0.29, 0.717) is 33.4 Å². The fourth-order valence-electron chi connectivity index (χ4n) is 2.79. The molecule has 0 fully saturated rings. The molecule has 8 nitrogen and oxygen atoms in total. The van der Waals surface area contributed by atoms with Crippen LogP contribution in [0, 0.1) is 13.8 Å². The molecule has 0 atom stereocenters. The summed E-state index contributed by atoms with van der Waals surface area (Å²) in [6.07, 6.45) is 1.46. The quantitative estimate of drug-likeness (QED) is 0.576. The molecule has 2 aromatic heterocycles. The van der Waals surface area contributed by atoms with Crippen molar-refractivity contribution in [3.8, 4) is 0 Å². The van der Waals surface area contributed by atoms with Crippen LogP contribution < -0.4 is 16.0 Å². The monoisotopic (exact) mass is 412 g/mol. The number of amides is 3. The number of aryl methyl sites for hydroxylation is 2. The SMILES string of the molecule is CNC(=O)c1c(C)cccc1NC(=O)Cc1csc(NC(=O)c2ccoc2C)n1. The van der Waals surface area contributed by atoms with Crippen LogP contribution in [0.3, 0.4) is 0 Å². The second-order valence-electron chi connectivity index (χ2n) is 6.29. The number of thiazole rings is 1. The summed E-state index contributed by atoms with van der Waals surface area (Å²) in [5.74, 6) is -0.387. The number of furan rings is 1. The van der Waals surface area contributed by atoms with E-state index in [9.17, 15) is 14.4 Å². The van der Waals surface area contributed by atoms with Gasteiger partial charge in [-0.05, 0) is 31.5 Å². The van der Waals surface area contributed by atoms with Gasteiger partial charge in [-0.3, -0.25) is 19.7 Å². The third kappa shape index (κ3) is 4.69. The normalized spacial score (nSPS) is 10.4. The number of rotatable bonds is 6. The van der Waals surface area contributed by atoms with Crippen LogP contribution in [0.2, 0.25) is 0 Å². The van der Waals surface area contributed by atoms with Crippen LogP contribution in [0.4, 0.5) is 10.8 Å². The lowest BCUT2D eigenvalue weighted by Gasteiger charge is -2.12. The first-order valence-electron chi connectivity index (χ1n) is 8.80. The van der Waals surface area contributed by atoms with Gasteiger partial charge in [0.05, 0.1) is 35.2 Å². The number of carbonyl (C=O) groups excluding carboxylic acids is 3. The molecule has 0 saturated heterocycles. The molecule has 3 amide bonds. The molecule has 9 heteroatoms. The predicted molar refractivity (Wildman–Crippen MR) is 110 cm³/mol. The molecule has 0 aliphatic heterocycles. The van der Waals surface area contributed by atoms with Gasteiger partial charge in [-0.1, -0.05) is 12.1 Å². The fourth-order valence-corrected chi connectivity index (χ4v) is 3.49. The summed E-state index contributed by atoms with van der Waals surface area (Å²) in [5.41, 5.74) is 2.57. The Labute approximate surface area is 171 Å². The van der Waals surface area contributed by atoms with Gasteiger partial charge in [0.1, 0.15) is 5.76 Å². The summed E-state index contributed by atoms with van der Waals surface area (Å²) >= 11 is 1.23. The van der Waals surface area contributed by atoms with Crippen LogP contribution in [0.1, 0.15) is 37.7 Å². The van der Waals surface area contributed by atoms with Crippen LogP contribution in [-0.4, -0.2) is 29.8 Å². The lowest BCUT2D eigenvalue weighted by atomic mass is 10.1. The Morgan fingerprint density at radius 1 is 1.10 bits per heavy atom. The van der Waals surface area contributed by atoms with Gasteiger partial charge in [-0.15, -0.1) is 11.3 Å². The smallest absolute Gasteiger partial charge is 0.260 e. The second kappa shape index (κ2) is 8.70. The van der Waals surface area contributed by atoms with Gasteiger partial charge in [-0.25, -0.2) is 4.98 Å². The van der Waals surface area contributed by atoms with Gasteiger partial charge in [-0.2, -0.15) is 0 Å². The number of carbonyl (C=O) groups is 3. The Kier molecular flexibility index (Phi) is 6.08. The maximum atomic E-state index is 12.4. The number of nitrogens with zero attached hydrogens (tertiary/aromatic N) is 1. The van der Waals surface area contributed by atoms with Crippen LogP contribution in [0.15, 0.2) is 40.3 Å². The Balaban J connectivity index is 1.66. The number of benzene rings is 1. The van der Waals surface area contributed by atoms with E-state index >= 15 is 0 Å². The van der Waals surface area contributed by atoms with Gasteiger partial charge in [0.25, 0.3) is 11.8 Å². The van der Waals surface area contributed by atoms with Crippen molar-refractivity contribution in [1.29, 1.82) is 0 Å². The standard InChI is InChI=1S/C20H20N4O4S/c1-11-5-4-6-15(17(11)19(27)21-3)23-16(25)9-13-10-29-20(22-13)24-18(26)14-7-8-28-12(14)2/h4-8,10H,9H2,1-3H3,(H,21,27)(H,23,25)(H,22,24,26). The number of hydrogen-bond acceptors (Lipinski definition) is 6. The minimum absolute atomic E-state index is 0.0121. The average molecular weight is 412 g/mol. The number of aromatic nitrogens is 1. The van der Waals surface area contributed by atoms with Crippen LogP contribution >= 0.6 is 11.3 Å². The molecule has 0 saturated carbocycles. The van der Waals surface area contributed by atoms with Crippen LogP contribution in [0.25, 0.3) is 0 Å². The summed E-state index contributed by atoms with van der Waals surface area (Å²) in [5, 5.41) is 10.1. The van der Waals surface area contributed by atoms with E-state index in [0.717, 1.165) is 5.56 Å². The molecule has 0 spiro atoms. The van der Waals surface area contributed by atoms with Crippen molar-refractivity contribution in [3.05, 3.63) is 64.1 Å². The maximum Gasteiger partial charge on any atom is 0.260 e. The first-order valence-corrected chi connectivity index (χ1v) is 9.68. The van der Waals surface area contributed by atoms with Crippen molar-refractivity contribution in [3.63, 3.8) is 0 Å². The van der Waals surface area contributed by atoms with Crippen molar-refractivity contribution in [2.45, 2.75) is 20.3 Å². The molecule has 3 aromatic rings. The molecule has 0 unspecified atom stereocenters. The number of hydrogen-bond donors (Lipinski definition) is 3. The highest BCUT2D eigenvalue weighted by Gasteiger charge is 2.17. The van der Waals surface area contributed by atoms with E-state index in [-0.39, 0.29) is 24.1 Å². The molecule has 3 N–H and O–H groups in total. The lowest BCUT2D eigenvalue weighted by Crippen LogP contribution is -2.23. The van der Waals surface area contributed by atoms with E-state index in [1.165, 1.54) is 24.6 Å². The molecule has 0 aliphatic rings. The molecule has 1 aromatic carbocycles. The molecule has 0 radical (unpaired) electrons. The third-order valence-corrected chi connectivity index (χ3v) is 5.02. The topological polar surface area (TPSA) is 113 Å². The summed E-state index contributed by atoms with van der Waals surface area (Å²) in [6, 6.07) is 6.83. The maximum absolute atomic E-state index is 12.4. The Morgan fingerprint density at radius 2 is 1.90 bits per heavy atom. The fraction of sp³-hybridized carbons (Fsp3) is 0.200. The highest BCUT2D eigenvalue weighted by atomic mass is 32.1. The Morgan fingerprint density at radius 3 is 2.59 bits per heavy atom. The average Bonchev–Trinajstić information content (AvgIpc) is 3.30. The Hall–Kier alpha value is -3.46. The van der Waals surface area contributed by atoms with Crippen LogP contribution in [0.5, 0.6) is 0 Å². The van der Waals surface area contributed by atoms with Gasteiger partial charge >= 0.3 is 0 Å². The molecular formula is C20H20N4O4S. The predicted octanol–water partition coefficient (Wildman–Crippen LogP) is 3.15. The minimum Gasteiger partial charge on any atom is -0.469 e. The van der Waals surface area contributed by atoms with E-state index in [1.54, 1.807) is 43.5 Å². The van der Waals surface area contributed by atoms with Gasteiger partial charge in [0.2, 0.25) is 5.91 Å². The molecule has 0 bridgehead atoms. The zero-order valence-electron chi connectivity index (χ0n) is 16.2. The largest absolute Gasteiger partial charge is 0.469 e.